The Bertz CT molecular complexity index is 463. The van der Waals surface area contributed by atoms with E-state index >= 15 is 0 Å². The summed E-state index contributed by atoms with van der Waals surface area (Å²) in [6.45, 7) is 7.90. The van der Waals surface area contributed by atoms with Gasteiger partial charge in [-0.3, -0.25) is 9.48 Å². The fourth-order valence-corrected chi connectivity index (χ4v) is 2.90. The minimum absolute atomic E-state index is 0.0954. The zero-order valence-corrected chi connectivity index (χ0v) is 13.6. The molecule has 1 aromatic rings. The van der Waals surface area contributed by atoms with Crippen molar-refractivity contribution in [3.05, 3.63) is 17.5 Å². The van der Waals surface area contributed by atoms with Crippen LogP contribution in [0.4, 0.5) is 0 Å². The van der Waals surface area contributed by atoms with Crippen LogP contribution in [-0.4, -0.2) is 47.3 Å². The minimum Gasteiger partial charge on any atom is -0.340 e. The summed E-state index contributed by atoms with van der Waals surface area (Å²) < 4.78 is 1.82. The Hall–Kier alpha value is -1.36. The number of rotatable bonds is 6. The number of carbonyl (C=O) groups excluding carboxylic acids is 1. The average Bonchev–Trinajstić information content (AvgIpc) is 2.96. The molecule has 1 aliphatic heterocycles. The van der Waals surface area contributed by atoms with Crippen LogP contribution in [0.25, 0.3) is 0 Å². The Kier molecular flexibility index (Phi) is 5.79. The minimum atomic E-state index is 0.0954. The van der Waals surface area contributed by atoms with E-state index < -0.39 is 0 Å². The van der Waals surface area contributed by atoms with Gasteiger partial charge in [0.1, 0.15) is 5.69 Å². The van der Waals surface area contributed by atoms with Crippen LogP contribution in [0.5, 0.6) is 0 Å². The molecule has 2 rings (SSSR count). The van der Waals surface area contributed by atoms with Gasteiger partial charge in [-0.25, -0.2) is 0 Å². The molecular formula is C16H28N4O. The Morgan fingerprint density at radius 3 is 2.76 bits per heavy atom. The van der Waals surface area contributed by atoms with E-state index in [0.29, 0.717) is 0 Å². The summed E-state index contributed by atoms with van der Waals surface area (Å²) in [6, 6.07) is 1.94. The third-order valence-corrected chi connectivity index (χ3v) is 4.39. The first-order valence-electron chi connectivity index (χ1n) is 8.18. The molecule has 0 aliphatic carbocycles. The molecule has 0 aromatic carbocycles. The van der Waals surface area contributed by atoms with Crippen molar-refractivity contribution in [1.29, 1.82) is 0 Å². The summed E-state index contributed by atoms with van der Waals surface area (Å²) in [6.07, 6.45) is 4.43. The van der Waals surface area contributed by atoms with Gasteiger partial charge in [0, 0.05) is 20.1 Å². The van der Waals surface area contributed by atoms with E-state index in [9.17, 15) is 4.79 Å². The molecule has 5 nitrogen and oxygen atoms in total. The van der Waals surface area contributed by atoms with Crippen LogP contribution in [0.15, 0.2) is 6.07 Å². The van der Waals surface area contributed by atoms with E-state index in [4.69, 9.17) is 0 Å². The Morgan fingerprint density at radius 2 is 2.14 bits per heavy atom. The van der Waals surface area contributed by atoms with Crippen LogP contribution in [0, 0.1) is 5.92 Å². The topological polar surface area (TPSA) is 50.2 Å². The first-order valence-corrected chi connectivity index (χ1v) is 8.18. The highest BCUT2D eigenvalue weighted by Crippen LogP contribution is 2.17. The third kappa shape index (κ3) is 4.06. The molecule has 0 unspecified atom stereocenters. The van der Waals surface area contributed by atoms with Gasteiger partial charge in [-0.2, -0.15) is 5.10 Å². The van der Waals surface area contributed by atoms with Crippen molar-refractivity contribution in [2.45, 2.75) is 46.1 Å². The van der Waals surface area contributed by atoms with Crippen LogP contribution in [0.3, 0.4) is 0 Å². The van der Waals surface area contributed by atoms with Crippen molar-refractivity contribution in [2.75, 3.05) is 26.7 Å². The number of nitrogens with zero attached hydrogens (tertiary/aromatic N) is 3. The lowest BCUT2D eigenvalue weighted by Gasteiger charge is -2.25. The van der Waals surface area contributed by atoms with Crippen molar-refractivity contribution in [3.63, 3.8) is 0 Å². The Balaban J connectivity index is 1.93. The quantitative estimate of drug-likeness (QED) is 0.871. The molecule has 2 heterocycles. The molecule has 1 amide bonds. The molecular weight excluding hydrogens is 264 g/mol. The third-order valence-electron chi connectivity index (χ3n) is 4.39. The number of aryl methyl sites for hydroxylation is 2. The van der Waals surface area contributed by atoms with Gasteiger partial charge < -0.3 is 10.2 Å². The summed E-state index contributed by atoms with van der Waals surface area (Å²) in [5, 5.41) is 7.84. The highest BCUT2D eigenvalue weighted by atomic mass is 16.2. The average molecular weight is 292 g/mol. The van der Waals surface area contributed by atoms with Crippen molar-refractivity contribution >= 4 is 5.91 Å². The Morgan fingerprint density at radius 1 is 1.43 bits per heavy atom. The van der Waals surface area contributed by atoms with E-state index in [1.165, 1.54) is 12.8 Å². The molecule has 1 N–H and O–H groups in total. The molecule has 5 heteroatoms. The molecule has 21 heavy (non-hydrogen) atoms. The smallest absolute Gasteiger partial charge is 0.271 e. The zero-order chi connectivity index (χ0) is 15.2. The number of amides is 1. The molecule has 118 valence electrons. The van der Waals surface area contributed by atoms with Crippen LogP contribution < -0.4 is 5.32 Å². The second-order valence-corrected chi connectivity index (χ2v) is 5.90. The van der Waals surface area contributed by atoms with Crippen LogP contribution in [0.1, 0.15) is 49.3 Å². The Labute approximate surface area is 127 Å². The van der Waals surface area contributed by atoms with Gasteiger partial charge in [0.2, 0.25) is 0 Å². The first-order chi connectivity index (χ1) is 10.2. The lowest BCUT2D eigenvalue weighted by molar-refractivity contribution is 0.0772. The van der Waals surface area contributed by atoms with Gasteiger partial charge in [-0.05, 0) is 57.7 Å². The van der Waals surface area contributed by atoms with E-state index in [0.717, 1.165) is 56.3 Å². The first kappa shape index (κ1) is 16.0. The van der Waals surface area contributed by atoms with Crippen molar-refractivity contribution in [3.8, 4) is 0 Å². The van der Waals surface area contributed by atoms with E-state index in [1.807, 2.05) is 29.6 Å². The summed E-state index contributed by atoms with van der Waals surface area (Å²) in [4.78, 5) is 14.4. The van der Waals surface area contributed by atoms with Crippen LogP contribution in [0.2, 0.25) is 0 Å². The lowest BCUT2D eigenvalue weighted by atomic mass is 9.94. The fraction of sp³-hybridized carbons (Fsp3) is 0.750. The molecule has 1 fully saturated rings. The highest BCUT2D eigenvalue weighted by Gasteiger charge is 2.20. The van der Waals surface area contributed by atoms with Crippen molar-refractivity contribution in [1.82, 2.24) is 20.0 Å². The lowest BCUT2D eigenvalue weighted by Crippen LogP contribution is -2.33. The molecule has 0 radical (unpaired) electrons. The van der Waals surface area contributed by atoms with Crippen LogP contribution in [-0.2, 0) is 13.0 Å². The predicted molar refractivity (Wildman–Crippen MR) is 84.5 cm³/mol. The molecule has 1 aromatic heterocycles. The van der Waals surface area contributed by atoms with Gasteiger partial charge >= 0.3 is 0 Å². The second-order valence-electron chi connectivity index (χ2n) is 5.90. The summed E-state index contributed by atoms with van der Waals surface area (Å²) in [7, 11) is 1.90. The van der Waals surface area contributed by atoms with Gasteiger partial charge in [0.05, 0.1) is 5.69 Å². The number of nitrogens with one attached hydrogen (secondary N) is 1. The van der Waals surface area contributed by atoms with Gasteiger partial charge in [0.15, 0.2) is 0 Å². The van der Waals surface area contributed by atoms with E-state index in [1.54, 1.807) is 0 Å². The van der Waals surface area contributed by atoms with Crippen molar-refractivity contribution in [2.24, 2.45) is 5.92 Å². The molecule has 1 aliphatic rings. The number of hydrogen-bond acceptors (Lipinski definition) is 3. The normalized spacial score (nSPS) is 16.1. The molecule has 0 spiro atoms. The maximum absolute atomic E-state index is 12.6. The van der Waals surface area contributed by atoms with Gasteiger partial charge in [-0.15, -0.1) is 0 Å². The number of hydrogen-bond donors (Lipinski definition) is 1. The maximum atomic E-state index is 12.6. The van der Waals surface area contributed by atoms with E-state index in [-0.39, 0.29) is 5.91 Å². The summed E-state index contributed by atoms with van der Waals surface area (Å²) in [5.41, 5.74) is 1.72. The van der Waals surface area contributed by atoms with E-state index in [2.05, 4.69) is 17.3 Å². The van der Waals surface area contributed by atoms with Gasteiger partial charge in [0.25, 0.3) is 5.91 Å². The molecule has 0 bridgehead atoms. The summed E-state index contributed by atoms with van der Waals surface area (Å²) >= 11 is 0. The highest BCUT2D eigenvalue weighted by molar-refractivity contribution is 5.92. The number of carbonyl (C=O) groups is 1. The second kappa shape index (κ2) is 7.59. The van der Waals surface area contributed by atoms with Gasteiger partial charge in [-0.1, -0.05) is 6.92 Å². The van der Waals surface area contributed by atoms with Crippen LogP contribution >= 0.6 is 0 Å². The number of aromatic nitrogens is 2. The van der Waals surface area contributed by atoms with Crippen molar-refractivity contribution < 1.29 is 4.79 Å². The predicted octanol–water partition coefficient (Wildman–Crippen LogP) is 1.93. The molecule has 0 atom stereocenters. The summed E-state index contributed by atoms with van der Waals surface area (Å²) in [5.74, 6) is 0.849. The molecule has 0 saturated carbocycles. The molecule has 1 saturated heterocycles. The monoisotopic (exact) mass is 292 g/mol. The SMILES string of the molecule is CCc1cc(C(=O)N(C)CCC2CCNCC2)n(CC)n1. The fourth-order valence-electron chi connectivity index (χ4n) is 2.90. The maximum Gasteiger partial charge on any atom is 0.271 e. The standard InChI is InChI=1S/C16H28N4O/c1-4-14-12-15(20(5-2)18-14)16(21)19(3)11-8-13-6-9-17-10-7-13/h12-13,17H,4-11H2,1-3H3. The largest absolute Gasteiger partial charge is 0.340 e. The number of piperidine rings is 1. The zero-order valence-electron chi connectivity index (χ0n) is 13.6.